The van der Waals surface area contributed by atoms with Gasteiger partial charge in [-0.3, -0.25) is 4.79 Å². The molecule has 31 heavy (non-hydrogen) atoms. The van der Waals surface area contributed by atoms with Gasteiger partial charge in [0, 0.05) is 12.1 Å². The summed E-state index contributed by atoms with van der Waals surface area (Å²) in [5, 5.41) is 0. The minimum absolute atomic E-state index is 0.419. The van der Waals surface area contributed by atoms with Crippen LogP contribution in [0.15, 0.2) is 78.9 Å². The van der Waals surface area contributed by atoms with Gasteiger partial charge in [0.25, 0.3) is 0 Å². The van der Waals surface area contributed by atoms with Crippen LogP contribution in [0.3, 0.4) is 0 Å². The largest absolute Gasteiger partial charge is 0.492 e. The number of hydrogen-bond donors (Lipinski definition) is 1. The minimum Gasteiger partial charge on any atom is -0.492 e. The van der Waals surface area contributed by atoms with Gasteiger partial charge in [-0.2, -0.15) is 0 Å². The minimum atomic E-state index is -0.419. The number of hydrogen-bond acceptors (Lipinski definition) is 3. The molecule has 0 fully saturated rings. The van der Waals surface area contributed by atoms with Crippen molar-refractivity contribution in [3.05, 3.63) is 101 Å². The van der Waals surface area contributed by atoms with Crippen LogP contribution in [-0.2, 0) is 0 Å². The van der Waals surface area contributed by atoms with Crippen LogP contribution in [-0.4, -0.2) is 38.1 Å². The van der Waals surface area contributed by atoms with Gasteiger partial charge >= 0.3 is 0 Å². The van der Waals surface area contributed by atoms with Crippen molar-refractivity contribution in [2.75, 3.05) is 27.2 Å². The monoisotopic (exact) mass is 414 g/mol. The summed E-state index contributed by atoms with van der Waals surface area (Å²) in [5.74, 6) is 0.450. The second kappa shape index (κ2) is 10.6. The van der Waals surface area contributed by atoms with Crippen molar-refractivity contribution in [1.82, 2.24) is 4.90 Å². The van der Waals surface area contributed by atoms with Crippen molar-refractivity contribution < 1.29 is 9.53 Å². The predicted octanol–water partition coefficient (Wildman–Crippen LogP) is 5.10. The number of rotatable bonds is 9. The second-order valence-electron chi connectivity index (χ2n) is 7.69. The molecule has 0 spiro atoms. The molecule has 160 valence electrons. The fourth-order valence-electron chi connectivity index (χ4n) is 3.54. The van der Waals surface area contributed by atoms with Gasteiger partial charge in [-0.05, 0) is 72.6 Å². The van der Waals surface area contributed by atoms with Crippen molar-refractivity contribution in [3.63, 3.8) is 0 Å². The Labute approximate surface area is 185 Å². The first-order valence-electron chi connectivity index (χ1n) is 10.6. The summed E-state index contributed by atoms with van der Waals surface area (Å²) in [6.07, 6.45) is 0.864. The summed E-state index contributed by atoms with van der Waals surface area (Å²) < 4.78 is 5.85. The van der Waals surface area contributed by atoms with Crippen molar-refractivity contribution in [2.45, 2.75) is 13.3 Å². The number of amides is 1. The van der Waals surface area contributed by atoms with Crippen molar-refractivity contribution in [1.29, 1.82) is 0 Å². The number of benzene rings is 3. The fourth-order valence-corrected chi connectivity index (χ4v) is 3.54. The zero-order valence-corrected chi connectivity index (χ0v) is 18.5. The van der Waals surface area contributed by atoms with E-state index in [1.807, 2.05) is 56.6 Å². The van der Waals surface area contributed by atoms with Gasteiger partial charge < -0.3 is 15.4 Å². The number of likely N-dealkylation sites (N-methyl/N-ethyl adjacent to an activating group) is 1. The maximum atomic E-state index is 11.5. The van der Waals surface area contributed by atoms with Crippen LogP contribution in [0, 0.1) is 0 Å². The van der Waals surface area contributed by atoms with Crippen molar-refractivity contribution in [3.8, 4) is 5.75 Å². The molecule has 0 unspecified atom stereocenters. The summed E-state index contributed by atoms with van der Waals surface area (Å²) in [4.78, 5) is 13.6. The molecule has 1 amide bonds. The zero-order valence-electron chi connectivity index (χ0n) is 18.5. The van der Waals surface area contributed by atoms with Gasteiger partial charge in [-0.25, -0.2) is 0 Å². The van der Waals surface area contributed by atoms with Crippen LogP contribution >= 0.6 is 0 Å². The third-order valence-electron chi connectivity index (χ3n) is 5.19. The lowest BCUT2D eigenvalue weighted by Crippen LogP contribution is -2.19. The zero-order chi connectivity index (χ0) is 22.2. The average molecular weight is 415 g/mol. The first kappa shape index (κ1) is 22.3. The predicted molar refractivity (Wildman–Crippen MR) is 128 cm³/mol. The standard InChI is InChI=1S/C27H30N2O2/c1-4-25(20-14-16-24(17-15-20)31-19-18-29(2)3)26(21-8-6-5-7-9-21)22-10-12-23(13-11-22)27(28)30/h5-17H,4,18-19H2,1-3H3,(H2,28,30)/b26-25-. The van der Waals surface area contributed by atoms with E-state index in [1.54, 1.807) is 12.1 Å². The molecule has 0 saturated heterocycles. The molecule has 0 atom stereocenters. The quantitative estimate of drug-likeness (QED) is 0.496. The average Bonchev–Trinajstić information content (AvgIpc) is 2.78. The topological polar surface area (TPSA) is 55.6 Å². The molecule has 0 saturated carbocycles. The van der Waals surface area contributed by atoms with Crippen LogP contribution in [0.2, 0.25) is 0 Å². The fraction of sp³-hybridized carbons (Fsp3) is 0.222. The Morgan fingerprint density at radius 1 is 0.806 bits per heavy atom. The Bertz CT molecular complexity index is 1020. The first-order chi connectivity index (χ1) is 15.0. The molecule has 4 nitrogen and oxygen atoms in total. The molecule has 2 N–H and O–H groups in total. The summed E-state index contributed by atoms with van der Waals surface area (Å²) in [6, 6.07) is 26.1. The third-order valence-corrected chi connectivity index (χ3v) is 5.19. The highest BCUT2D eigenvalue weighted by Crippen LogP contribution is 2.35. The van der Waals surface area contributed by atoms with Crippen LogP contribution in [0.1, 0.15) is 40.4 Å². The molecule has 0 aliphatic heterocycles. The van der Waals surface area contributed by atoms with Crippen LogP contribution in [0.4, 0.5) is 0 Å². The molecule has 0 aliphatic rings. The highest BCUT2D eigenvalue weighted by molar-refractivity contribution is 5.99. The smallest absolute Gasteiger partial charge is 0.248 e. The molecular weight excluding hydrogens is 384 g/mol. The van der Waals surface area contributed by atoms with Gasteiger partial charge in [0.1, 0.15) is 12.4 Å². The summed E-state index contributed by atoms with van der Waals surface area (Å²) in [5.41, 5.74) is 11.7. The third kappa shape index (κ3) is 5.83. The lowest BCUT2D eigenvalue weighted by atomic mass is 9.88. The van der Waals surface area contributed by atoms with E-state index in [9.17, 15) is 4.79 Å². The van der Waals surface area contributed by atoms with Crippen molar-refractivity contribution >= 4 is 17.1 Å². The molecule has 0 heterocycles. The van der Waals surface area contributed by atoms with Gasteiger partial charge in [0.2, 0.25) is 5.91 Å². The lowest BCUT2D eigenvalue weighted by Gasteiger charge is -2.17. The van der Waals surface area contributed by atoms with Gasteiger partial charge in [-0.1, -0.05) is 61.5 Å². The lowest BCUT2D eigenvalue weighted by molar-refractivity contribution is 0.100. The van der Waals surface area contributed by atoms with E-state index in [4.69, 9.17) is 10.5 Å². The number of primary amides is 1. The summed E-state index contributed by atoms with van der Waals surface area (Å²) in [6.45, 7) is 3.70. The molecular formula is C27H30N2O2. The summed E-state index contributed by atoms with van der Waals surface area (Å²) in [7, 11) is 4.07. The van der Waals surface area contributed by atoms with E-state index in [2.05, 4.69) is 36.1 Å². The number of nitrogens with zero attached hydrogens (tertiary/aromatic N) is 1. The normalized spacial score (nSPS) is 11.9. The highest BCUT2D eigenvalue weighted by Gasteiger charge is 2.14. The number of carbonyl (C=O) groups is 1. The van der Waals surface area contributed by atoms with Crippen LogP contribution in [0.25, 0.3) is 11.1 Å². The van der Waals surface area contributed by atoms with E-state index >= 15 is 0 Å². The Morgan fingerprint density at radius 2 is 1.35 bits per heavy atom. The van der Waals surface area contributed by atoms with Gasteiger partial charge in [0.05, 0.1) is 0 Å². The maximum absolute atomic E-state index is 11.5. The van der Waals surface area contributed by atoms with E-state index in [-0.39, 0.29) is 0 Å². The van der Waals surface area contributed by atoms with Crippen LogP contribution in [0.5, 0.6) is 5.75 Å². The SMILES string of the molecule is CC/C(=C(\c1ccccc1)c1ccc(C(N)=O)cc1)c1ccc(OCCN(C)C)cc1. The molecule has 0 radical (unpaired) electrons. The Kier molecular flexibility index (Phi) is 7.63. The molecule has 0 aliphatic carbocycles. The second-order valence-corrected chi connectivity index (χ2v) is 7.69. The van der Waals surface area contributed by atoms with Gasteiger partial charge in [0.15, 0.2) is 0 Å². The number of nitrogens with two attached hydrogens (primary N) is 1. The molecule has 3 aromatic rings. The van der Waals surface area contributed by atoms with E-state index in [0.29, 0.717) is 12.2 Å². The molecule has 3 rings (SSSR count). The van der Waals surface area contributed by atoms with E-state index in [0.717, 1.165) is 41.0 Å². The molecule has 0 aromatic heterocycles. The summed E-state index contributed by atoms with van der Waals surface area (Å²) >= 11 is 0. The Balaban J connectivity index is 2.02. The van der Waals surface area contributed by atoms with Crippen molar-refractivity contribution in [2.24, 2.45) is 5.73 Å². The highest BCUT2D eigenvalue weighted by atomic mass is 16.5. The number of ether oxygens (including phenoxy) is 1. The van der Waals surface area contributed by atoms with E-state index in [1.165, 1.54) is 5.57 Å². The Hall–Kier alpha value is -3.37. The Morgan fingerprint density at radius 3 is 1.90 bits per heavy atom. The van der Waals surface area contributed by atoms with Gasteiger partial charge in [-0.15, -0.1) is 0 Å². The first-order valence-corrected chi connectivity index (χ1v) is 10.6. The molecule has 3 aromatic carbocycles. The molecule has 4 heteroatoms. The number of allylic oxidation sites excluding steroid dienone is 1. The number of carbonyl (C=O) groups excluding carboxylic acids is 1. The molecule has 0 bridgehead atoms. The maximum Gasteiger partial charge on any atom is 0.248 e. The van der Waals surface area contributed by atoms with E-state index < -0.39 is 5.91 Å². The van der Waals surface area contributed by atoms with Crippen LogP contribution < -0.4 is 10.5 Å².